The lowest BCUT2D eigenvalue weighted by Crippen LogP contribution is -2.60. The number of hydrogen-bond donors (Lipinski definition) is 1. The van der Waals surface area contributed by atoms with Crippen molar-refractivity contribution in [2.45, 2.75) is 45.2 Å². The minimum absolute atomic E-state index is 0.107. The van der Waals surface area contributed by atoms with Crippen LogP contribution < -0.4 is 5.32 Å². The van der Waals surface area contributed by atoms with E-state index >= 15 is 0 Å². The van der Waals surface area contributed by atoms with Gasteiger partial charge in [0, 0.05) is 38.8 Å². The number of likely N-dealkylation sites (N-methyl/N-ethyl adjacent to an activating group) is 1. The van der Waals surface area contributed by atoms with Crippen LogP contribution >= 0.6 is 0 Å². The van der Waals surface area contributed by atoms with E-state index in [0.717, 1.165) is 39.3 Å². The summed E-state index contributed by atoms with van der Waals surface area (Å²) in [6.07, 6.45) is 2.36. The Kier molecular flexibility index (Phi) is 5.41. The van der Waals surface area contributed by atoms with E-state index in [4.69, 9.17) is 4.74 Å². The van der Waals surface area contributed by atoms with Crippen molar-refractivity contribution < 1.29 is 9.53 Å². The van der Waals surface area contributed by atoms with Gasteiger partial charge in [-0.05, 0) is 33.2 Å². The van der Waals surface area contributed by atoms with E-state index in [1.807, 2.05) is 13.8 Å². The number of hydrogen-bond acceptors (Lipinski definition) is 5. The Labute approximate surface area is 122 Å². The van der Waals surface area contributed by atoms with E-state index in [-0.39, 0.29) is 5.97 Å². The quantitative estimate of drug-likeness (QED) is 0.697. The van der Waals surface area contributed by atoms with Gasteiger partial charge in [-0.2, -0.15) is 0 Å². The van der Waals surface area contributed by atoms with Gasteiger partial charge in [0.25, 0.3) is 0 Å². The molecular weight excluding hydrogens is 254 g/mol. The predicted molar refractivity (Wildman–Crippen MR) is 79.7 cm³/mol. The molecule has 2 fully saturated rings. The summed E-state index contributed by atoms with van der Waals surface area (Å²) in [5, 5.41) is 3.49. The van der Waals surface area contributed by atoms with Crippen molar-refractivity contribution in [1.29, 1.82) is 0 Å². The third-order valence-electron chi connectivity index (χ3n) is 4.28. The molecule has 5 nitrogen and oxygen atoms in total. The number of esters is 1. The Morgan fingerprint density at radius 2 is 1.80 bits per heavy atom. The molecule has 116 valence electrons. The zero-order valence-corrected chi connectivity index (χ0v) is 13.2. The van der Waals surface area contributed by atoms with Crippen molar-refractivity contribution in [2.75, 3.05) is 45.9 Å². The van der Waals surface area contributed by atoms with Gasteiger partial charge in [0.05, 0.1) is 6.61 Å². The van der Waals surface area contributed by atoms with Gasteiger partial charge < -0.3 is 9.64 Å². The first-order chi connectivity index (χ1) is 9.57. The van der Waals surface area contributed by atoms with Crippen LogP contribution in [0, 0.1) is 0 Å². The highest BCUT2D eigenvalue weighted by Gasteiger charge is 2.41. The molecule has 1 atom stereocenters. The molecule has 0 aromatic heterocycles. The number of piperazine rings is 1. The van der Waals surface area contributed by atoms with Crippen molar-refractivity contribution in [3.8, 4) is 0 Å². The molecule has 2 aliphatic rings. The minimum atomic E-state index is -0.564. The lowest BCUT2D eigenvalue weighted by Gasteiger charge is -2.39. The Bertz CT molecular complexity index is 325. The maximum Gasteiger partial charge on any atom is 0.327 e. The third-order valence-corrected chi connectivity index (χ3v) is 4.28. The predicted octanol–water partition coefficient (Wildman–Crippen LogP) is 0.698. The van der Waals surface area contributed by atoms with Crippen molar-refractivity contribution in [3.05, 3.63) is 0 Å². The standard InChI is InChI=1S/C15H29N3O2/c1-4-17-8-10-18(11-9-17)12-15(3,14(19)20-5-2)16-13-6-7-13/h13,16H,4-12H2,1-3H3. The molecule has 1 N–H and O–H groups in total. The second-order valence-electron chi connectivity index (χ2n) is 6.18. The van der Waals surface area contributed by atoms with Crippen LogP contribution in [0.1, 0.15) is 33.6 Å². The van der Waals surface area contributed by atoms with Gasteiger partial charge in [-0.15, -0.1) is 0 Å². The first-order valence-corrected chi connectivity index (χ1v) is 7.97. The van der Waals surface area contributed by atoms with Crippen LogP contribution in [0.2, 0.25) is 0 Å². The maximum absolute atomic E-state index is 12.3. The second-order valence-corrected chi connectivity index (χ2v) is 6.18. The Balaban J connectivity index is 1.91. The number of nitrogens with zero attached hydrogens (tertiary/aromatic N) is 2. The van der Waals surface area contributed by atoms with Crippen LogP contribution in [-0.2, 0) is 9.53 Å². The molecule has 0 aromatic carbocycles. The van der Waals surface area contributed by atoms with Crippen molar-refractivity contribution in [3.63, 3.8) is 0 Å². The fourth-order valence-electron chi connectivity index (χ4n) is 2.85. The summed E-state index contributed by atoms with van der Waals surface area (Å²) in [5.74, 6) is -0.107. The van der Waals surface area contributed by atoms with Crippen LogP contribution in [-0.4, -0.2) is 73.2 Å². The number of nitrogens with one attached hydrogen (secondary N) is 1. The van der Waals surface area contributed by atoms with E-state index in [0.29, 0.717) is 12.6 Å². The monoisotopic (exact) mass is 283 g/mol. The highest BCUT2D eigenvalue weighted by molar-refractivity contribution is 5.80. The average molecular weight is 283 g/mol. The van der Waals surface area contributed by atoms with Gasteiger partial charge in [-0.3, -0.25) is 15.0 Å². The molecule has 1 aliphatic carbocycles. The third kappa shape index (κ3) is 4.17. The van der Waals surface area contributed by atoms with Crippen LogP contribution in [0.5, 0.6) is 0 Å². The second kappa shape index (κ2) is 6.87. The van der Waals surface area contributed by atoms with Crippen molar-refractivity contribution >= 4 is 5.97 Å². The molecule has 0 spiro atoms. The minimum Gasteiger partial charge on any atom is -0.465 e. The molecule has 0 amide bonds. The molecule has 1 saturated heterocycles. The van der Waals surface area contributed by atoms with E-state index < -0.39 is 5.54 Å². The number of carbonyl (C=O) groups excluding carboxylic acids is 1. The summed E-state index contributed by atoms with van der Waals surface area (Å²) in [7, 11) is 0. The normalized spacial score (nSPS) is 24.4. The van der Waals surface area contributed by atoms with Gasteiger partial charge >= 0.3 is 5.97 Å². The lowest BCUT2D eigenvalue weighted by molar-refractivity contribution is -0.151. The van der Waals surface area contributed by atoms with Gasteiger partial charge in [-0.25, -0.2) is 0 Å². The molecule has 1 unspecified atom stereocenters. The highest BCUT2D eigenvalue weighted by atomic mass is 16.5. The first kappa shape index (κ1) is 15.7. The zero-order valence-electron chi connectivity index (χ0n) is 13.2. The van der Waals surface area contributed by atoms with Crippen molar-refractivity contribution in [2.24, 2.45) is 0 Å². The molecule has 0 bridgehead atoms. The van der Waals surface area contributed by atoms with Gasteiger partial charge in [0.2, 0.25) is 0 Å². The van der Waals surface area contributed by atoms with Gasteiger partial charge in [0.15, 0.2) is 0 Å². The molecule has 0 radical (unpaired) electrons. The van der Waals surface area contributed by atoms with Gasteiger partial charge in [0.1, 0.15) is 5.54 Å². The molecule has 0 aromatic rings. The van der Waals surface area contributed by atoms with E-state index in [1.165, 1.54) is 12.8 Å². The maximum atomic E-state index is 12.3. The molecule has 20 heavy (non-hydrogen) atoms. The molecule has 1 saturated carbocycles. The Morgan fingerprint density at radius 3 is 2.30 bits per heavy atom. The van der Waals surface area contributed by atoms with Gasteiger partial charge in [-0.1, -0.05) is 6.92 Å². The van der Waals surface area contributed by atoms with Crippen LogP contribution in [0.15, 0.2) is 0 Å². The van der Waals surface area contributed by atoms with Crippen LogP contribution in [0.3, 0.4) is 0 Å². The Hall–Kier alpha value is -0.650. The van der Waals surface area contributed by atoms with E-state index in [1.54, 1.807) is 0 Å². The molecule has 1 heterocycles. The lowest BCUT2D eigenvalue weighted by atomic mass is 10.0. The van der Waals surface area contributed by atoms with Crippen LogP contribution in [0.4, 0.5) is 0 Å². The molecule has 1 aliphatic heterocycles. The molecular formula is C15H29N3O2. The van der Waals surface area contributed by atoms with E-state index in [9.17, 15) is 4.79 Å². The average Bonchev–Trinajstić information content (AvgIpc) is 3.23. The highest BCUT2D eigenvalue weighted by Crippen LogP contribution is 2.24. The molecule has 5 heteroatoms. The van der Waals surface area contributed by atoms with E-state index in [2.05, 4.69) is 22.0 Å². The largest absolute Gasteiger partial charge is 0.465 e. The smallest absolute Gasteiger partial charge is 0.327 e. The summed E-state index contributed by atoms with van der Waals surface area (Å²) in [6, 6.07) is 0.501. The summed E-state index contributed by atoms with van der Waals surface area (Å²) in [6.45, 7) is 12.6. The summed E-state index contributed by atoms with van der Waals surface area (Å²) < 4.78 is 5.28. The number of ether oxygens (including phenoxy) is 1. The SMILES string of the molecule is CCOC(=O)C(C)(CN1CCN(CC)CC1)NC1CC1. The summed E-state index contributed by atoms with van der Waals surface area (Å²) in [4.78, 5) is 17.1. The number of carbonyl (C=O) groups is 1. The number of rotatable bonds is 7. The summed E-state index contributed by atoms with van der Waals surface area (Å²) in [5.41, 5.74) is -0.564. The Morgan fingerprint density at radius 1 is 1.20 bits per heavy atom. The van der Waals surface area contributed by atoms with Crippen molar-refractivity contribution in [1.82, 2.24) is 15.1 Å². The van der Waals surface area contributed by atoms with Crippen LogP contribution in [0.25, 0.3) is 0 Å². The topological polar surface area (TPSA) is 44.8 Å². The fraction of sp³-hybridized carbons (Fsp3) is 0.933. The summed E-state index contributed by atoms with van der Waals surface area (Å²) >= 11 is 0. The molecule has 2 rings (SSSR count). The fourth-order valence-corrected chi connectivity index (χ4v) is 2.85. The zero-order chi connectivity index (χ0) is 14.6. The first-order valence-electron chi connectivity index (χ1n) is 7.97.